The maximum Gasteiger partial charge on any atom is 0.242 e. The largest absolute Gasteiger partial charge is 0.380 e. The number of hydrogen-bond acceptors (Lipinski definition) is 4. The highest BCUT2D eigenvalue weighted by Crippen LogP contribution is 2.17. The van der Waals surface area contributed by atoms with Crippen molar-refractivity contribution in [1.82, 2.24) is 14.6 Å². The zero-order valence-electron chi connectivity index (χ0n) is 12.1. The zero-order chi connectivity index (χ0) is 14.6. The van der Waals surface area contributed by atoms with Gasteiger partial charge in [-0.15, -0.1) is 0 Å². The third kappa shape index (κ3) is 3.60. The van der Waals surface area contributed by atoms with Gasteiger partial charge in [0.15, 0.2) is 0 Å². The topological polar surface area (TPSA) is 72.4 Å². The van der Waals surface area contributed by atoms with Gasteiger partial charge < -0.3 is 14.6 Å². The van der Waals surface area contributed by atoms with E-state index in [-0.39, 0.29) is 6.04 Å². The Bertz CT molecular complexity index is 510. The predicted octanol–water partition coefficient (Wildman–Crippen LogP) is 0.685. The molecule has 7 heteroatoms. The molecule has 1 fully saturated rings. The van der Waals surface area contributed by atoms with Gasteiger partial charge in [-0.1, -0.05) is 6.92 Å². The van der Waals surface area contributed by atoms with Crippen LogP contribution in [0.15, 0.2) is 17.2 Å². The van der Waals surface area contributed by atoms with Crippen LogP contribution in [0.2, 0.25) is 0 Å². The summed E-state index contributed by atoms with van der Waals surface area (Å²) in [5, 5.41) is 3.06. The highest BCUT2D eigenvalue weighted by Gasteiger charge is 2.25. The number of hydrogen-bond donors (Lipinski definition) is 2. The van der Waals surface area contributed by atoms with Gasteiger partial charge in [-0.3, -0.25) is 0 Å². The Morgan fingerprint density at radius 1 is 1.50 bits per heavy atom. The summed E-state index contributed by atoms with van der Waals surface area (Å²) in [7, 11) is -1.61. The monoisotopic (exact) mass is 301 g/mol. The molecule has 2 heterocycles. The number of rotatable bonds is 7. The van der Waals surface area contributed by atoms with Crippen molar-refractivity contribution in [3.63, 3.8) is 0 Å². The van der Waals surface area contributed by atoms with Crippen LogP contribution in [0, 0.1) is 0 Å². The van der Waals surface area contributed by atoms with Crippen molar-refractivity contribution in [2.24, 2.45) is 0 Å². The fraction of sp³-hybridized carbons (Fsp3) is 0.692. The maximum atomic E-state index is 12.4. The Hall–Kier alpha value is -0.890. The normalized spacial score (nSPS) is 19.6. The molecule has 0 aliphatic carbocycles. The van der Waals surface area contributed by atoms with Gasteiger partial charge in [-0.25, -0.2) is 13.1 Å². The predicted molar refractivity (Wildman–Crippen MR) is 77.0 cm³/mol. The minimum absolute atomic E-state index is 0.109. The number of sulfonamides is 1. The van der Waals surface area contributed by atoms with Crippen LogP contribution in [0.5, 0.6) is 0 Å². The third-order valence-corrected chi connectivity index (χ3v) is 4.83. The van der Waals surface area contributed by atoms with Crippen molar-refractivity contribution >= 4 is 10.0 Å². The molecule has 1 aromatic heterocycles. The molecule has 0 bridgehead atoms. The number of ether oxygens (including phenoxy) is 1. The van der Waals surface area contributed by atoms with E-state index in [1.54, 1.807) is 12.3 Å². The highest BCUT2D eigenvalue weighted by atomic mass is 32.2. The quantitative estimate of drug-likeness (QED) is 0.777. The van der Waals surface area contributed by atoms with Gasteiger partial charge in [0.25, 0.3) is 0 Å². The molecule has 0 radical (unpaired) electrons. The van der Waals surface area contributed by atoms with E-state index in [9.17, 15) is 8.42 Å². The zero-order valence-corrected chi connectivity index (χ0v) is 12.9. The summed E-state index contributed by atoms with van der Waals surface area (Å²) in [6.07, 6.45) is 3.42. The summed E-state index contributed by atoms with van der Waals surface area (Å²) in [5.74, 6) is 0. The first-order valence-electron chi connectivity index (χ1n) is 7.00. The molecule has 1 aliphatic rings. The molecule has 20 heavy (non-hydrogen) atoms. The van der Waals surface area contributed by atoms with Crippen molar-refractivity contribution in [3.8, 4) is 0 Å². The maximum absolute atomic E-state index is 12.4. The van der Waals surface area contributed by atoms with Crippen LogP contribution in [0.4, 0.5) is 0 Å². The average molecular weight is 301 g/mol. The molecule has 0 aromatic carbocycles. The van der Waals surface area contributed by atoms with E-state index in [1.807, 2.05) is 11.6 Å². The molecular weight excluding hydrogens is 278 g/mol. The van der Waals surface area contributed by atoms with Crippen molar-refractivity contribution in [3.05, 3.63) is 18.0 Å². The Balaban J connectivity index is 2.19. The smallest absolute Gasteiger partial charge is 0.242 e. The molecule has 0 saturated carbocycles. The standard InChI is InChI=1S/C13H23N3O3S/c1-3-5-16-9-13(7-12(16)8-14-2)20(17,18)15-11-4-6-19-10-11/h7,9,11,14-15H,3-6,8,10H2,1-2H3. The second-order valence-corrected chi connectivity index (χ2v) is 6.79. The third-order valence-electron chi connectivity index (χ3n) is 3.35. The van der Waals surface area contributed by atoms with E-state index >= 15 is 0 Å². The van der Waals surface area contributed by atoms with Crippen LogP contribution in [0.3, 0.4) is 0 Å². The Labute approximate surface area is 120 Å². The molecule has 1 saturated heterocycles. The van der Waals surface area contributed by atoms with Gasteiger partial charge in [0, 0.05) is 37.6 Å². The van der Waals surface area contributed by atoms with Crippen LogP contribution in [0.25, 0.3) is 0 Å². The van der Waals surface area contributed by atoms with Crippen molar-refractivity contribution in [2.45, 2.75) is 43.8 Å². The second-order valence-electron chi connectivity index (χ2n) is 5.07. The van der Waals surface area contributed by atoms with E-state index in [1.165, 1.54) is 0 Å². The van der Waals surface area contributed by atoms with Crippen molar-refractivity contribution in [1.29, 1.82) is 0 Å². The average Bonchev–Trinajstić information content (AvgIpc) is 3.01. The van der Waals surface area contributed by atoms with Crippen LogP contribution in [-0.4, -0.2) is 39.3 Å². The first kappa shape index (κ1) is 15.5. The molecule has 0 spiro atoms. The van der Waals surface area contributed by atoms with E-state index < -0.39 is 10.0 Å². The Morgan fingerprint density at radius 2 is 2.30 bits per heavy atom. The molecule has 1 aliphatic heterocycles. The lowest BCUT2D eigenvalue weighted by Gasteiger charge is -2.09. The van der Waals surface area contributed by atoms with Gasteiger partial charge in [0.05, 0.1) is 11.5 Å². The van der Waals surface area contributed by atoms with Crippen LogP contribution < -0.4 is 10.0 Å². The Morgan fingerprint density at radius 3 is 2.90 bits per heavy atom. The SMILES string of the molecule is CCCn1cc(S(=O)(=O)NC2CCOC2)cc1CNC. The molecule has 2 rings (SSSR count). The van der Waals surface area contributed by atoms with Gasteiger partial charge in [0.2, 0.25) is 10.0 Å². The molecule has 1 unspecified atom stereocenters. The van der Waals surface area contributed by atoms with E-state index in [0.29, 0.717) is 24.7 Å². The minimum atomic E-state index is -3.46. The number of aryl methyl sites for hydroxylation is 1. The molecule has 1 aromatic rings. The fourth-order valence-corrected chi connectivity index (χ4v) is 3.68. The second kappa shape index (κ2) is 6.71. The van der Waals surface area contributed by atoms with Crippen molar-refractivity contribution < 1.29 is 13.2 Å². The van der Waals surface area contributed by atoms with Crippen LogP contribution in [0.1, 0.15) is 25.5 Å². The van der Waals surface area contributed by atoms with Gasteiger partial charge in [-0.05, 0) is 26.0 Å². The number of nitrogens with one attached hydrogen (secondary N) is 2. The lowest BCUT2D eigenvalue weighted by Crippen LogP contribution is -2.34. The summed E-state index contributed by atoms with van der Waals surface area (Å²) in [6, 6.07) is 1.63. The molecule has 1 atom stereocenters. The van der Waals surface area contributed by atoms with E-state index in [0.717, 1.165) is 25.1 Å². The summed E-state index contributed by atoms with van der Waals surface area (Å²) in [6.45, 7) is 4.62. The number of aromatic nitrogens is 1. The van der Waals surface area contributed by atoms with Crippen LogP contribution in [-0.2, 0) is 27.8 Å². The highest BCUT2D eigenvalue weighted by molar-refractivity contribution is 7.89. The van der Waals surface area contributed by atoms with Gasteiger partial charge in [-0.2, -0.15) is 0 Å². The van der Waals surface area contributed by atoms with Crippen molar-refractivity contribution in [2.75, 3.05) is 20.3 Å². The van der Waals surface area contributed by atoms with E-state index in [4.69, 9.17) is 4.74 Å². The molecule has 2 N–H and O–H groups in total. The fourth-order valence-electron chi connectivity index (χ4n) is 2.37. The lowest BCUT2D eigenvalue weighted by atomic mass is 10.3. The summed E-state index contributed by atoms with van der Waals surface area (Å²) >= 11 is 0. The molecule has 114 valence electrons. The van der Waals surface area contributed by atoms with Gasteiger partial charge >= 0.3 is 0 Å². The molecule has 0 amide bonds. The number of nitrogens with zero attached hydrogens (tertiary/aromatic N) is 1. The first-order chi connectivity index (χ1) is 9.56. The minimum Gasteiger partial charge on any atom is -0.380 e. The summed E-state index contributed by atoms with van der Waals surface area (Å²) in [4.78, 5) is 0.336. The summed E-state index contributed by atoms with van der Waals surface area (Å²) in [5.41, 5.74) is 0.984. The lowest BCUT2D eigenvalue weighted by molar-refractivity contribution is 0.192. The summed E-state index contributed by atoms with van der Waals surface area (Å²) < 4.78 is 34.6. The molecule has 6 nitrogen and oxygen atoms in total. The van der Waals surface area contributed by atoms with E-state index in [2.05, 4.69) is 17.0 Å². The van der Waals surface area contributed by atoms with Gasteiger partial charge in [0.1, 0.15) is 0 Å². The van der Waals surface area contributed by atoms with Crippen LogP contribution >= 0.6 is 0 Å². The molecular formula is C13H23N3O3S. The Kier molecular flexibility index (Phi) is 5.20. The first-order valence-corrected chi connectivity index (χ1v) is 8.49.